The minimum Gasteiger partial charge on any atom is -0.378 e. The smallest absolute Gasteiger partial charge is 0.225 e. The summed E-state index contributed by atoms with van der Waals surface area (Å²) < 4.78 is 5.39. The molecule has 0 aromatic heterocycles. The van der Waals surface area contributed by atoms with Gasteiger partial charge in [-0.2, -0.15) is 0 Å². The Labute approximate surface area is 116 Å². The summed E-state index contributed by atoms with van der Waals surface area (Å²) in [5.41, 5.74) is -0.357. The first-order valence-electron chi connectivity index (χ1n) is 7.60. The molecule has 4 heteroatoms. The van der Waals surface area contributed by atoms with Crippen LogP contribution < -0.4 is 5.32 Å². The predicted octanol–water partition coefficient (Wildman–Crippen LogP) is 1.93. The summed E-state index contributed by atoms with van der Waals surface area (Å²) in [4.78, 5) is 14.6. The van der Waals surface area contributed by atoms with Crippen LogP contribution >= 0.6 is 0 Å². The van der Waals surface area contributed by atoms with Crippen LogP contribution in [0.1, 0.15) is 52.4 Å². The van der Waals surface area contributed by atoms with E-state index in [1.165, 1.54) is 32.1 Å². The van der Waals surface area contributed by atoms with Crippen molar-refractivity contribution in [2.75, 3.05) is 20.2 Å². The SMILES string of the molecule is COC(C)(C)CC(=O)N(CC1CCCCN1)C1CC1. The van der Waals surface area contributed by atoms with Gasteiger partial charge in [-0.25, -0.2) is 0 Å². The molecule has 1 saturated heterocycles. The third-order valence-electron chi connectivity index (χ3n) is 4.27. The highest BCUT2D eigenvalue weighted by Crippen LogP contribution is 2.29. The summed E-state index contributed by atoms with van der Waals surface area (Å²) in [5, 5.41) is 3.54. The van der Waals surface area contributed by atoms with E-state index >= 15 is 0 Å². The molecule has 0 spiro atoms. The molecule has 1 atom stereocenters. The number of methoxy groups -OCH3 is 1. The second-order valence-corrected chi connectivity index (χ2v) is 6.56. The summed E-state index contributed by atoms with van der Waals surface area (Å²) in [6.45, 7) is 5.94. The van der Waals surface area contributed by atoms with Crippen molar-refractivity contribution in [3.63, 3.8) is 0 Å². The van der Waals surface area contributed by atoms with Gasteiger partial charge in [0.05, 0.1) is 12.0 Å². The second-order valence-electron chi connectivity index (χ2n) is 6.56. The second kappa shape index (κ2) is 6.23. The number of hydrogen-bond donors (Lipinski definition) is 1. The molecule has 2 fully saturated rings. The Morgan fingerprint density at radius 3 is 2.58 bits per heavy atom. The molecular weight excluding hydrogens is 240 g/mol. The molecule has 110 valence electrons. The fraction of sp³-hybridized carbons (Fsp3) is 0.933. The van der Waals surface area contributed by atoms with Crippen molar-refractivity contribution >= 4 is 5.91 Å². The van der Waals surface area contributed by atoms with Gasteiger partial charge in [-0.15, -0.1) is 0 Å². The van der Waals surface area contributed by atoms with E-state index < -0.39 is 0 Å². The lowest BCUT2D eigenvalue weighted by Crippen LogP contribution is -2.48. The summed E-state index contributed by atoms with van der Waals surface area (Å²) in [5.74, 6) is 0.252. The van der Waals surface area contributed by atoms with E-state index in [1.54, 1.807) is 7.11 Å². The van der Waals surface area contributed by atoms with Crippen LogP contribution in [-0.4, -0.2) is 48.7 Å². The number of ether oxygens (including phenoxy) is 1. The zero-order valence-corrected chi connectivity index (χ0v) is 12.6. The number of hydrogen-bond acceptors (Lipinski definition) is 3. The van der Waals surface area contributed by atoms with Crippen LogP contribution in [0.4, 0.5) is 0 Å². The van der Waals surface area contributed by atoms with Crippen molar-refractivity contribution in [2.45, 2.75) is 70.1 Å². The maximum Gasteiger partial charge on any atom is 0.225 e. The van der Waals surface area contributed by atoms with Gasteiger partial charge >= 0.3 is 0 Å². The van der Waals surface area contributed by atoms with Crippen LogP contribution in [0.25, 0.3) is 0 Å². The van der Waals surface area contributed by atoms with E-state index in [2.05, 4.69) is 10.2 Å². The number of nitrogens with one attached hydrogen (secondary N) is 1. The van der Waals surface area contributed by atoms with Crippen molar-refractivity contribution in [1.29, 1.82) is 0 Å². The van der Waals surface area contributed by atoms with E-state index in [-0.39, 0.29) is 11.5 Å². The minimum atomic E-state index is -0.357. The summed E-state index contributed by atoms with van der Waals surface area (Å²) >= 11 is 0. The molecule has 0 aromatic carbocycles. The number of rotatable bonds is 6. The zero-order valence-electron chi connectivity index (χ0n) is 12.6. The minimum absolute atomic E-state index is 0.252. The van der Waals surface area contributed by atoms with Gasteiger partial charge in [0.25, 0.3) is 0 Å². The number of carbonyl (C=O) groups is 1. The number of carbonyl (C=O) groups excluding carboxylic acids is 1. The number of nitrogens with zero attached hydrogens (tertiary/aromatic N) is 1. The average molecular weight is 268 g/mol. The van der Waals surface area contributed by atoms with Crippen LogP contribution in [0.3, 0.4) is 0 Å². The molecule has 1 unspecified atom stereocenters. The fourth-order valence-corrected chi connectivity index (χ4v) is 2.70. The summed E-state index contributed by atoms with van der Waals surface area (Å²) in [6, 6.07) is 0.979. The van der Waals surface area contributed by atoms with E-state index in [0.29, 0.717) is 18.5 Å². The third-order valence-corrected chi connectivity index (χ3v) is 4.27. The Balaban J connectivity index is 1.89. The van der Waals surface area contributed by atoms with Gasteiger partial charge in [0.1, 0.15) is 0 Å². The van der Waals surface area contributed by atoms with Crippen LogP contribution in [0.5, 0.6) is 0 Å². The Morgan fingerprint density at radius 1 is 1.32 bits per heavy atom. The topological polar surface area (TPSA) is 41.6 Å². The molecule has 1 N–H and O–H groups in total. The first-order chi connectivity index (χ1) is 9.02. The van der Waals surface area contributed by atoms with E-state index in [1.807, 2.05) is 13.8 Å². The lowest BCUT2D eigenvalue weighted by molar-refractivity contribution is -0.137. The van der Waals surface area contributed by atoms with E-state index in [9.17, 15) is 4.79 Å². The van der Waals surface area contributed by atoms with Gasteiger partial charge in [0.2, 0.25) is 5.91 Å². The number of piperidine rings is 1. The molecule has 1 saturated carbocycles. The highest BCUT2D eigenvalue weighted by Gasteiger charge is 2.36. The lowest BCUT2D eigenvalue weighted by atomic mass is 10.0. The Hall–Kier alpha value is -0.610. The summed E-state index contributed by atoms with van der Waals surface area (Å²) in [6.07, 6.45) is 6.58. The van der Waals surface area contributed by atoms with Crippen LogP contribution in [0.15, 0.2) is 0 Å². The standard InChI is InChI=1S/C15H28N2O2/c1-15(2,19-3)10-14(18)17(13-7-8-13)11-12-6-4-5-9-16-12/h12-13,16H,4-11H2,1-3H3. The quantitative estimate of drug-likeness (QED) is 0.800. The Morgan fingerprint density at radius 2 is 2.05 bits per heavy atom. The highest BCUT2D eigenvalue weighted by atomic mass is 16.5. The molecule has 19 heavy (non-hydrogen) atoms. The molecule has 0 radical (unpaired) electrons. The normalized spacial score (nSPS) is 24.3. The molecule has 1 heterocycles. The largest absolute Gasteiger partial charge is 0.378 e. The molecule has 1 amide bonds. The van der Waals surface area contributed by atoms with Gasteiger partial charge in [-0.1, -0.05) is 6.42 Å². The van der Waals surface area contributed by atoms with Crippen molar-refractivity contribution in [1.82, 2.24) is 10.2 Å². The molecule has 2 rings (SSSR count). The lowest BCUT2D eigenvalue weighted by Gasteiger charge is -2.33. The molecule has 1 aliphatic carbocycles. The molecule has 0 bridgehead atoms. The summed E-state index contributed by atoms with van der Waals surface area (Å²) in [7, 11) is 1.68. The Kier molecular flexibility index (Phi) is 4.85. The third kappa shape index (κ3) is 4.46. The van der Waals surface area contributed by atoms with Crippen molar-refractivity contribution in [3.8, 4) is 0 Å². The van der Waals surface area contributed by atoms with Crippen LogP contribution in [-0.2, 0) is 9.53 Å². The first kappa shape index (κ1) is 14.8. The van der Waals surface area contributed by atoms with Crippen molar-refractivity contribution in [3.05, 3.63) is 0 Å². The fourth-order valence-electron chi connectivity index (χ4n) is 2.70. The van der Waals surface area contributed by atoms with Crippen molar-refractivity contribution < 1.29 is 9.53 Å². The van der Waals surface area contributed by atoms with Crippen LogP contribution in [0, 0.1) is 0 Å². The van der Waals surface area contributed by atoms with Gasteiger partial charge in [0.15, 0.2) is 0 Å². The predicted molar refractivity (Wildman–Crippen MR) is 76.1 cm³/mol. The van der Waals surface area contributed by atoms with Gasteiger partial charge in [-0.3, -0.25) is 4.79 Å². The first-order valence-corrected chi connectivity index (χ1v) is 7.60. The van der Waals surface area contributed by atoms with E-state index in [0.717, 1.165) is 13.1 Å². The maximum atomic E-state index is 12.5. The van der Waals surface area contributed by atoms with E-state index in [4.69, 9.17) is 4.74 Å². The van der Waals surface area contributed by atoms with Gasteiger partial charge in [0, 0.05) is 25.7 Å². The number of amides is 1. The molecule has 1 aliphatic heterocycles. The van der Waals surface area contributed by atoms with Crippen molar-refractivity contribution in [2.24, 2.45) is 0 Å². The molecular formula is C15H28N2O2. The Bertz CT molecular complexity index is 307. The highest BCUT2D eigenvalue weighted by molar-refractivity contribution is 5.78. The average Bonchev–Trinajstić information content (AvgIpc) is 3.21. The molecule has 4 nitrogen and oxygen atoms in total. The monoisotopic (exact) mass is 268 g/mol. The van der Waals surface area contributed by atoms with Gasteiger partial charge < -0.3 is 15.0 Å². The molecule has 2 aliphatic rings. The molecule has 0 aromatic rings. The van der Waals surface area contributed by atoms with Gasteiger partial charge in [-0.05, 0) is 46.1 Å². The van der Waals surface area contributed by atoms with Crippen LogP contribution in [0.2, 0.25) is 0 Å². The zero-order chi connectivity index (χ0) is 13.9. The maximum absolute atomic E-state index is 12.5.